The fraction of sp³-hybridized carbons (Fsp3) is 1.00. The van der Waals surface area contributed by atoms with Crippen molar-refractivity contribution in [3.8, 4) is 0 Å². The van der Waals surface area contributed by atoms with Gasteiger partial charge in [0.05, 0.1) is 0 Å². The maximum atomic E-state index is 8.60. The molecule has 0 aromatic heterocycles. The lowest BCUT2D eigenvalue weighted by molar-refractivity contribution is 0.157. The van der Waals surface area contributed by atoms with E-state index < -0.39 is 6.23 Å². The van der Waals surface area contributed by atoms with Crippen LogP contribution in [-0.4, -0.2) is 24.4 Å². The van der Waals surface area contributed by atoms with Gasteiger partial charge in [-0.05, 0) is 6.92 Å². The summed E-state index contributed by atoms with van der Waals surface area (Å²) in [6, 6.07) is 0. The predicted molar refractivity (Wildman–Crippen MR) is 31.9 cm³/mol. The Bertz CT molecular complexity index is 48.5. The molecule has 0 spiro atoms. The molecule has 1 atom stereocenters. The van der Waals surface area contributed by atoms with Crippen molar-refractivity contribution < 1.29 is 5.11 Å². The zero-order valence-electron chi connectivity index (χ0n) is 5.02. The standard InChI is InChI=1S/C4H13N3O/c1-4(8)6-2-3-7-5/h4,6-8H,2-3,5H2,1H3. The molecule has 1 unspecified atom stereocenters. The molecular formula is C4H13N3O. The second-order valence-corrected chi connectivity index (χ2v) is 1.58. The number of nitrogens with one attached hydrogen (secondary N) is 2. The zero-order chi connectivity index (χ0) is 6.41. The van der Waals surface area contributed by atoms with Crippen molar-refractivity contribution in [2.24, 2.45) is 5.84 Å². The third kappa shape index (κ3) is 5.84. The molecule has 0 saturated heterocycles. The number of hydrogen-bond donors (Lipinski definition) is 4. The maximum absolute atomic E-state index is 8.60. The lowest BCUT2D eigenvalue weighted by atomic mass is 10.6. The van der Waals surface area contributed by atoms with E-state index in [2.05, 4.69) is 10.7 Å². The van der Waals surface area contributed by atoms with E-state index in [0.29, 0.717) is 13.1 Å². The number of hydrazine groups is 1. The third-order valence-corrected chi connectivity index (χ3v) is 0.709. The van der Waals surface area contributed by atoms with Crippen LogP contribution in [0.15, 0.2) is 0 Å². The topological polar surface area (TPSA) is 70.3 Å². The van der Waals surface area contributed by atoms with E-state index >= 15 is 0 Å². The van der Waals surface area contributed by atoms with E-state index in [-0.39, 0.29) is 0 Å². The minimum absolute atomic E-state index is 0.441. The van der Waals surface area contributed by atoms with E-state index in [1.807, 2.05) is 0 Å². The molecule has 0 rings (SSSR count). The molecule has 0 bridgehead atoms. The SMILES string of the molecule is CC(O)NCCNN. The molecule has 0 aliphatic heterocycles. The van der Waals surface area contributed by atoms with Crippen LogP contribution < -0.4 is 16.6 Å². The van der Waals surface area contributed by atoms with E-state index in [1.54, 1.807) is 6.92 Å². The molecule has 0 radical (unpaired) electrons. The largest absolute Gasteiger partial charge is 0.379 e. The Balaban J connectivity index is 2.72. The molecule has 0 heterocycles. The van der Waals surface area contributed by atoms with Crippen molar-refractivity contribution in [3.63, 3.8) is 0 Å². The highest BCUT2D eigenvalue weighted by Crippen LogP contribution is 1.66. The summed E-state index contributed by atoms with van der Waals surface area (Å²) in [7, 11) is 0. The van der Waals surface area contributed by atoms with Gasteiger partial charge in [-0.25, -0.2) is 0 Å². The Morgan fingerprint density at radius 2 is 2.25 bits per heavy atom. The third-order valence-electron chi connectivity index (χ3n) is 0.709. The van der Waals surface area contributed by atoms with Crippen molar-refractivity contribution in [1.82, 2.24) is 10.7 Å². The van der Waals surface area contributed by atoms with Gasteiger partial charge in [0.2, 0.25) is 0 Å². The predicted octanol–water partition coefficient (Wildman–Crippen LogP) is -1.62. The Hall–Kier alpha value is -0.160. The lowest BCUT2D eigenvalue weighted by Gasteiger charge is -2.04. The van der Waals surface area contributed by atoms with Crippen LogP contribution >= 0.6 is 0 Å². The summed E-state index contributed by atoms with van der Waals surface area (Å²) in [6.07, 6.45) is -0.441. The van der Waals surface area contributed by atoms with Crippen molar-refractivity contribution >= 4 is 0 Å². The summed E-state index contributed by atoms with van der Waals surface area (Å²) >= 11 is 0. The summed E-state index contributed by atoms with van der Waals surface area (Å²) in [5.74, 6) is 4.94. The van der Waals surface area contributed by atoms with Crippen LogP contribution in [0.25, 0.3) is 0 Å². The molecule has 0 amide bonds. The monoisotopic (exact) mass is 119 g/mol. The summed E-state index contributed by atoms with van der Waals surface area (Å²) in [5.41, 5.74) is 2.45. The van der Waals surface area contributed by atoms with Crippen LogP contribution in [0.4, 0.5) is 0 Å². The highest BCUT2D eigenvalue weighted by atomic mass is 16.3. The van der Waals surface area contributed by atoms with Crippen LogP contribution in [0.1, 0.15) is 6.92 Å². The van der Waals surface area contributed by atoms with Gasteiger partial charge in [0.15, 0.2) is 0 Å². The van der Waals surface area contributed by atoms with E-state index in [1.165, 1.54) is 0 Å². The average molecular weight is 119 g/mol. The first kappa shape index (κ1) is 7.84. The van der Waals surface area contributed by atoms with Crippen molar-refractivity contribution in [3.05, 3.63) is 0 Å². The van der Waals surface area contributed by atoms with Gasteiger partial charge in [0, 0.05) is 13.1 Å². The number of aliphatic hydroxyl groups excluding tert-OH is 1. The molecule has 4 nitrogen and oxygen atoms in total. The van der Waals surface area contributed by atoms with Crippen LogP contribution in [0.5, 0.6) is 0 Å². The number of rotatable bonds is 4. The highest BCUT2D eigenvalue weighted by Gasteiger charge is 1.88. The van der Waals surface area contributed by atoms with Gasteiger partial charge in [-0.2, -0.15) is 0 Å². The first-order valence-electron chi connectivity index (χ1n) is 2.62. The van der Waals surface area contributed by atoms with Gasteiger partial charge >= 0.3 is 0 Å². The van der Waals surface area contributed by atoms with Gasteiger partial charge in [-0.3, -0.25) is 16.6 Å². The van der Waals surface area contributed by atoms with Crippen molar-refractivity contribution in [2.45, 2.75) is 13.2 Å². The fourth-order valence-electron chi connectivity index (χ4n) is 0.353. The summed E-state index contributed by atoms with van der Waals surface area (Å²) in [4.78, 5) is 0. The van der Waals surface area contributed by atoms with Gasteiger partial charge in [0.25, 0.3) is 0 Å². The van der Waals surface area contributed by atoms with E-state index in [4.69, 9.17) is 10.9 Å². The van der Waals surface area contributed by atoms with Crippen LogP contribution in [0, 0.1) is 0 Å². The summed E-state index contributed by atoms with van der Waals surface area (Å²) < 4.78 is 0. The highest BCUT2D eigenvalue weighted by molar-refractivity contribution is 4.46. The molecule has 50 valence electrons. The normalized spacial score (nSPS) is 13.9. The molecule has 8 heavy (non-hydrogen) atoms. The minimum Gasteiger partial charge on any atom is -0.379 e. The molecule has 0 aromatic rings. The van der Waals surface area contributed by atoms with E-state index in [9.17, 15) is 0 Å². The zero-order valence-corrected chi connectivity index (χ0v) is 5.02. The van der Waals surface area contributed by atoms with Crippen molar-refractivity contribution in [2.75, 3.05) is 13.1 Å². The molecule has 4 heteroatoms. The Morgan fingerprint density at radius 1 is 1.62 bits per heavy atom. The van der Waals surface area contributed by atoms with Gasteiger partial charge in [0.1, 0.15) is 6.23 Å². The summed E-state index contributed by atoms with van der Waals surface area (Å²) in [6.45, 7) is 3.02. The average Bonchev–Trinajstić information content (AvgIpc) is 1.66. The van der Waals surface area contributed by atoms with Gasteiger partial charge < -0.3 is 5.11 Å². The second-order valence-electron chi connectivity index (χ2n) is 1.58. The molecule has 0 aliphatic rings. The number of hydrogen-bond acceptors (Lipinski definition) is 4. The van der Waals surface area contributed by atoms with Gasteiger partial charge in [-0.15, -0.1) is 0 Å². The van der Waals surface area contributed by atoms with Crippen LogP contribution in [-0.2, 0) is 0 Å². The molecular weight excluding hydrogens is 106 g/mol. The smallest absolute Gasteiger partial charge is 0.102 e. The van der Waals surface area contributed by atoms with E-state index in [0.717, 1.165) is 0 Å². The quantitative estimate of drug-likeness (QED) is 0.155. The minimum atomic E-state index is -0.441. The Kier molecular flexibility index (Phi) is 4.89. The maximum Gasteiger partial charge on any atom is 0.102 e. The Morgan fingerprint density at radius 3 is 2.62 bits per heavy atom. The van der Waals surface area contributed by atoms with Crippen LogP contribution in [0.3, 0.4) is 0 Å². The first-order valence-corrected chi connectivity index (χ1v) is 2.62. The molecule has 0 fully saturated rings. The molecule has 0 saturated carbocycles. The first-order chi connectivity index (χ1) is 3.77. The molecule has 0 aromatic carbocycles. The fourth-order valence-corrected chi connectivity index (χ4v) is 0.353. The summed E-state index contributed by atoms with van der Waals surface area (Å²) in [5, 5.41) is 11.4. The lowest BCUT2D eigenvalue weighted by Crippen LogP contribution is -2.35. The number of aliphatic hydroxyl groups is 1. The molecule has 0 aliphatic carbocycles. The van der Waals surface area contributed by atoms with Gasteiger partial charge in [-0.1, -0.05) is 0 Å². The molecule has 5 N–H and O–H groups in total. The Labute approximate surface area is 49.0 Å². The van der Waals surface area contributed by atoms with Crippen LogP contribution in [0.2, 0.25) is 0 Å². The second kappa shape index (κ2) is 4.99. The van der Waals surface area contributed by atoms with Crippen molar-refractivity contribution in [1.29, 1.82) is 0 Å². The number of nitrogens with two attached hydrogens (primary N) is 1.